The van der Waals surface area contributed by atoms with Crippen molar-refractivity contribution in [2.75, 3.05) is 13.7 Å². The number of ether oxygens (including phenoxy) is 1. The molecule has 4 nitrogen and oxygen atoms in total. The first-order valence-electron chi connectivity index (χ1n) is 5.16. The molecule has 0 aromatic heterocycles. The summed E-state index contributed by atoms with van der Waals surface area (Å²) in [6.45, 7) is 3.59. The second kappa shape index (κ2) is 5.51. The molecule has 0 unspecified atom stereocenters. The van der Waals surface area contributed by atoms with Crippen LogP contribution in [0.1, 0.15) is 24.2 Å². The number of amides is 1. The highest BCUT2D eigenvalue weighted by atomic mass is 16.5. The van der Waals surface area contributed by atoms with Crippen molar-refractivity contribution in [1.29, 1.82) is 0 Å². The van der Waals surface area contributed by atoms with E-state index in [4.69, 9.17) is 4.74 Å². The summed E-state index contributed by atoms with van der Waals surface area (Å²) >= 11 is 0. The number of nitrogens with one attached hydrogen (secondary N) is 1. The number of hydrogen-bond acceptors (Lipinski definition) is 3. The number of carbonyl (C=O) groups is 1. The third kappa shape index (κ3) is 3.24. The topological polar surface area (TPSA) is 58.6 Å². The molecule has 0 aliphatic heterocycles. The molecule has 1 amide bonds. The van der Waals surface area contributed by atoms with Gasteiger partial charge in [0, 0.05) is 7.05 Å². The molecule has 0 spiro atoms. The molecule has 0 saturated heterocycles. The van der Waals surface area contributed by atoms with Gasteiger partial charge in [-0.05, 0) is 37.1 Å². The number of aliphatic hydroxyl groups excluding tert-OH is 1. The standard InChI is InChI=1S/C12H17NO3/c1-8-6-10(9(2)14)4-5-11(8)16-7-12(15)13-3/h4-6,9,14H,7H2,1-3H3,(H,13,15)/t9-/m1/s1. The van der Waals surface area contributed by atoms with Crippen LogP contribution in [0.4, 0.5) is 0 Å². The maximum atomic E-state index is 11.0. The zero-order valence-electron chi connectivity index (χ0n) is 9.78. The second-order valence-corrected chi connectivity index (χ2v) is 3.66. The van der Waals surface area contributed by atoms with Crippen molar-refractivity contribution in [3.8, 4) is 5.75 Å². The minimum atomic E-state index is -0.494. The molecule has 0 heterocycles. The van der Waals surface area contributed by atoms with Crippen LogP contribution in [0.5, 0.6) is 5.75 Å². The molecule has 88 valence electrons. The van der Waals surface area contributed by atoms with Gasteiger partial charge >= 0.3 is 0 Å². The van der Waals surface area contributed by atoms with Crippen LogP contribution in [0.15, 0.2) is 18.2 Å². The summed E-state index contributed by atoms with van der Waals surface area (Å²) in [5, 5.41) is 11.9. The summed E-state index contributed by atoms with van der Waals surface area (Å²) in [5.41, 5.74) is 1.74. The van der Waals surface area contributed by atoms with E-state index in [-0.39, 0.29) is 12.5 Å². The molecule has 0 aliphatic rings. The Balaban J connectivity index is 2.72. The molecule has 1 aromatic rings. The predicted molar refractivity (Wildman–Crippen MR) is 61.4 cm³/mol. The van der Waals surface area contributed by atoms with E-state index < -0.39 is 6.10 Å². The molecular formula is C12H17NO3. The van der Waals surface area contributed by atoms with E-state index >= 15 is 0 Å². The van der Waals surface area contributed by atoms with Crippen LogP contribution in [0.25, 0.3) is 0 Å². The summed E-state index contributed by atoms with van der Waals surface area (Å²) in [5.74, 6) is 0.493. The molecule has 1 rings (SSSR count). The summed E-state index contributed by atoms with van der Waals surface area (Å²) in [6, 6.07) is 5.40. The van der Waals surface area contributed by atoms with Crippen LogP contribution in [-0.2, 0) is 4.79 Å². The molecular weight excluding hydrogens is 206 g/mol. The molecule has 1 aromatic carbocycles. The van der Waals surface area contributed by atoms with Crippen molar-refractivity contribution < 1.29 is 14.6 Å². The number of likely N-dealkylation sites (N-methyl/N-ethyl adjacent to an activating group) is 1. The monoisotopic (exact) mass is 223 g/mol. The zero-order valence-corrected chi connectivity index (χ0v) is 9.78. The van der Waals surface area contributed by atoms with Crippen LogP contribution in [0.2, 0.25) is 0 Å². The third-order valence-corrected chi connectivity index (χ3v) is 2.32. The van der Waals surface area contributed by atoms with Gasteiger partial charge in [-0.2, -0.15) is 0 Å². The van der Waals surface area contributed by atoms with Crippen LogP contribution >= 0.6 is 0 Å². The number of aliphatic hydroxyl groups is 1. The van der Waals surface area contributed by atoms with Crippen LogP contribution in [-0.4, -0.2) is 24.7 Å². The molecule has 0 saturated carbocycles. The molecule has 4 heteroatoms. The van der Waals surface area contributed by atoms with Gasteiger partial charge in [0.2, 0.25) is 0 Å². The lowest BCUT2D eigenvalue weighted by molar-refractivity contribution is -0.122. The maximum absolute atomic E-state index is 11.0. The Morgan fingerprint density at radius 1 is 1.56 bits per heavy atom. The second-order valence-electron chi connectivity index (χ2n) is 3.66. The fourth-order valence-electron chi connectivity index (χ4n) is 1.31. The fraction of sp³-hybridized carbons (Fsp3) is 0.417. The number of benzene rings is 1. The Hall–Kier alpha value is -1.55. The zero-order chi connectivity index (χ0) is 12.1. The van der Waals surface area contributed by atoms with Gasteiger partial charge in [0.1, 0.15) is 5.75 Å². The average Bonchev–Trinajstić information content (AvgIpc) is 2.26. The Kier molecular flexibility index (Phi) is 4.31. The first-order valence-corrected chi connectivity index (χ1v) is 5.16. The number of hydrogen-bond donors (Lipinski definition) is 2. The van der Waals surface area contributed by atoms with Crippen LogP contribution < -0.4 is 10.1 Å². The summed E-state index contributed by atoms with van der Waals surface area (Å²) in [7, 11) is 1.56. The SMILES string of the molecule is CNC(=O)COc1ccc([C@@H](C)O)cc1C. The smallest absolute Gasteiger partial charge is 0.257 e. The molecule has 1 atom stereocenters. The van der Waals surface area contributed by atoms with Crippen LogP contribution in [0, 0.1) is 6.92 Å². The van der Waals surface area contributed by atoms with Gasteiger partial charge in [0.15, 0.2) is 6.61 Å². The van der Waals surface area contributed by atoms with E-state index in [2.05, 4.69) is 5.32 Å². The number of carbonyl (C=O) groups excluding carboxylic acids is 1. The van der Waals surface area contributed by atoms with Crippen molar-refractivity contribution in [1.82, 2.24) is 5.32 Å². The summed E-state index contributed by atoms with van der Waals surface area (Å²) in [6.07, 6.45) is -0.494. The number of rotatable bonds is 4. The minimum absolute atomic E-state index is 0.00532. The molecule has 2 N–H and O–H groups in total. The summed E-state index contributed by atoms with van der Waals surface area (Å²) < 4.78 is 5.33. The molecule has 0 fully saturated rings. The highest BCUT2D eigenvalue weighted by Crippen LogP contribution is 2.22. The maximum Gasteiger partial charge on any atom is 0.257 e. The van der Waals surface area contributed by atoms with Gasteiger partial charge in [-0.3, -0.25) is 4.79 Å². The fourth-order valence-corrected chi connectivity index (χ4v) is 1.31. The Morgan fingerprint density at radius 3 is 2.75 bits per heavy atom. The van der Waals surface area contributed by atoms with E-state index in [1.807, 2.05) is 13.0 Å². The van der Waals surface area contributed by atoms with E-state index in [1.165, 1.54) is 0 Å². The first-order chi connectivity index (χ1) is 7.54. The Morgan fingerprint density at radius 2 is 2.25 bits per heavy atom. The molecule has 16 heavy (non-hydrogen) atoms. The predicted octanol–water partition coefficient (Wildman–Crippen LogP) is 1.17. The lowest BCUT2D eigenvalue weighted by atomic mass is 10.1. The van der Waals surface area contributed by atoms with Gasteiger partial charge in [0.25, 0.3) is 5.91 Å². The van der Waals surface area contributed by atoms with Gasteiger partial charge in [0.05, 0.1) is 6.10 Å². The number of aryl methyl sites for hydroxylation is 1. The molecule has 0 aliphatic carbocycles. The minimum Gasteiger partial charge on any atom is -0.484 e. The van der Waals surface area contributed by atoms with E-state index in [1.54, 1.807) is 26.1 Å². The third-order valence-electron chi connectivity index (χ3n) is 2.32. The van der Waals surface area contributed by atoms with Crippen molar-refractivity contribution in [2.24, 2.45) is 0 Å². The average molecular weight is 223 g/mol. The largest absolute Gasteiger partial charge is 0.484 e. The highest BCUT2D eigenvalue weighted by molar-refractivity contribution is 5.77. The lowest BCUT2D eigenvalue weighted by Crippen LogP contribution is -2.25. The van der Waals surface area contributed by atoms with Crippen molar-refractivity contribution in [2.45, 2.75) is 20.0 Å². The van der Waals surface area contributed by atoms with Gasteiger partial charge < -0.3 is 15.2 Å². The van der Waals surface area contributed by atoms with E-state index in [0.29, 0.717) is 5.75 Å². The van der Waals surface area contributed by atoms with Gasteiger partial charge in [-0.15, -0.1) is 0 Å². The van der Waals surface area contributed by atoms with Gasteiger partial charge in [-0.25, -0.2) is 0 Å². The quantitative estimate of drug-likeness (QED) is 0.805. The Bertz CT molecular complexity index is 375. The van der Waals surface area contributed by atoms with E-state index in [9.17, 15) is 9.90 Å². The highest BCUT2D eigenvalue weighted by Gasteiger charge is 2.06. The van der Waals surface area contributed by atoms with Crippen molar-refractivity contribution in [3.63, 3.8) is 0 Å². The molecule has 0 radical (unpaired) electrons. The van der Waals surface area contributed by atoms with E-state index in [0.717, 1.165) is 11.1 Å². The normalized spacial score (nSPS) is 12.0. The van der Waals surface area contributed by atoms with Crippen molar-refractivity contribution >= 4 is 5.91 Å². The van der Waals surface area contributed by atoms with Crippen molar-refractivity contribution in [3.05, 3.63) is 29.3 Å². The van der Waals surface area contributed by atoms with Crippen LogP contribution in [0.3, 0.4) is 0 Å². The summed E-state index contributed by atoms with van der Waals surface area (Å²) in [4.78, 5) is 11.0. The van der Waals surface area contributed by atoms with Gasteiger partial charge in [-0.1, -0.05) is 6.07 Å². The first kappa shape index (κ1) is 12.5. The molecule has 0 bridgehead atoms. The Labute approximate surface area is 95.2 Å². The lowest BCUT2D eigenvalue weighted by Gasteiger charge is -2.11.